The zero-order valence-electron chi connectivity index (χ0n) is 12.3. The maximum absolute atomic E-state index is 12.2. The molecular weight excluding hydrogens is 252 g/mol. The minimum Gasteiger partial charge on any atom is -0.393 e. The molecule has 4 heteroatoms. The lowest BCUT2D eigenvalue weighted by atomic mass is 10.0. The summed E-state index contributed by atoms with van der Waals surface area (Å²) in [5, 5.41) is 9.25. The van der Waals surface area contributed by atoms with Crippen molar-refractivity contribution in [2.24, 2.45) is 5.73 Å². The summed E-state index contributed by atoms with van der Waals surface area (Å²) in [4.78, 5) is 13.8. The third-order valence-corrected chi connectivity index (χ3v) is 3.03. The molecule has 1 amide bonds. The Labute approximate surface area is 120 Å². The molecule has 1 aromatic rings. The quantitative estimate of drug-likeness (QED) is 0.809. The lowest BCUT2D eigenvalue weighted by molar-refractivity contribution is 0.0769. The molecule has 0 saturated heterocycles. The minimum atomic E-state index is -0.402. The van der Waals surface area contributed by atoms with E-state index in [1.807, 2.05) is 19.1 Å². The Hall–Kier alpha value is -1.83. The highest BCUT2D eigenvalue weighted by Crippen LogP contribution is 2.12. The first-order valence-corrected chi connectivity index (χ1v) is 6.68. The molecular formula is C16H22N2O2. The summed E-state index contributed by atoms with van der Waals surface area (Å²) in [7, 11) is 1.74. The molecule has 1 rings (SSSR count). The van der Waals surface area contributed by atoms with E-state index in [0.29, 0.717) is 25.1 Å². The van der Waals surface area contributed by atoms with Crippen LogP contribution in [0.5, 0.6) is 0 Å². The molecule has 0 aliphatic heterocycles. The number of hydrogen-bond donors (Lipinski definition) is 2. The Bertz CT molecular complexity index is 527. The molecule has 3 N–H and O–H groups in total. The molecule has 0 bridgehead atoms. The van der Waals surface area contributed by atoms with Crippen LogP contribution in [0.3, 0.4) is 0 Å². The lowest BCUT2D eigenvalue weighted by Crippen LogP contribution is -2.29. The largest absolute Gasteiger partial charge is 0.393 e. The van der Waals surface area contributed by atoms with Crippen LogP contribution in [0.4, 0.5) is 0 Å². The molecule has 0 aliphatic rings. The number of carbonyl (C=O) groups is 1. The van der Waals surface area contributed by atoms with Crippen molar-refractivity contribution in [3.63, 3.8) is 0 Å². The Morgan fingerprint density at radius 2 is 2.20 bits per heavy atom. The zero-order valence-corrected chi connectivity index (χ0v) is 12.3. The maximum Gasteiger partial charge on any atom is 0.253 e. The average molecular weight is 274 g/mol. The van der Waals surface area contributed by atoms with Gasteiger partial charge in [-0.3, -0.25) is 4.79 Å². The summed E-state index contributed by atoms with van der Waals surface area (Å²) in [6.45, 7) is 4.49. The summed E-state index contributed by atoms with van der Waals surface area (Å²) >= 11 is 0. The van der Waals surface area contributed by atoms with E-state index >= 15 is 0 Å². The predicted octanol–water partition coefficient (Wildman–Crippen LogP) is 1.15. The number of aryl methyl sites for hydroxylation is 1. The highest BCUT2D eigenvalue weighted by molar-refractivity contribution is 5.94. The molecule has 1 aromatic carbocycles. The highest BCUT2D eigenvalue weighted by atomic mass is 16.3. The fraction of sp³-hybridized carbons (Fsp3) is 0.438. The van der Waals surface area contributed by atoms with Gasteiger partial charge in [0.25, 0.3) is 5.91 Å². The Morgan fingerprint density at radius 3 is 2.75 bits per heavy atom. The number of amides is 1. The van der Waals surface area contributed by atoms with Gasteiger partial charge in [-0.2, -0.15) is 0 Å². The first-order chi connectivity index (χ1) is 9.45. The van der Waals surface area contributed by atoms with Crippen LogP contribution in [-0.2, 0) is 0 Å². The normalized spacial score (nSPS) is 11.4. The molecule has 0 heterocycles. The highest BCUT2D eigenvalue weighted by Gasteiger charge is 2.13. The number of benzene rings is 1. The van der Waals surface area contributed by atoms with Gasteiger partial charge < -0.3 is 15.7 Å². The fourth-order valence-corrected chi connectivity index (χ4v) is 1.79. The molecule has 0 radical (unpaired) electrons. The second kappa shape index (κ2) is 7.68. The fourth-order valence-electron chi connectivity index (χ4n) is 1.79. The van der Waals surface area contributed by atoms with Gasteiger partial charge in [0.15, 0.2) is 0 Å². The van der Waals surface area contributed by atoms with Crippen molar-refractivity contribution < 1.29 is 9.90 Å². The number of carbonyl (C=O) groups excluding carboxylic acids is 1. The number of nitrogens with two attached hydrogens (primary N) is 1. The van der Waals surface area contributed by atoms with Crippen LogP contribution in [0.15, 0.2) is 18.2 Å². The van der Waals surface area contributed by atoms with Crippen molar-refractivity contribution in [3.8, 4) is 11.8 Å². The van der Waals surface area contributed by atoms with Gasteiger partial charge in [0.1, 0.15) is 0 Å². The first-order valence-electron chi connectivity index (χ1n) is 6.68. The molecule has 1 atom stereocenters. The summed E-state index contributed by atoms with van der Waals surface area (Å²) < 4.78 is 0. The van der Waals surface area contributed by atoms with Crippen molar-refractivity contribution in [1.82, 2.24) is 4.90 Å². The van der Waals surface area contributed by atoms with Crippen LogP contribution in [0.1, 0.15) is 34.8 Å². The molecule has 1 unspecified atom stereocenters. The van der Waals surface area contributed by atoms with Gasteiger partial charge in [0.2, 0.25) is 0 Å². The van der Waals surface area contributed by atoms with Crippen molar-refractivity contribution in [1.29, 1.82) is 0 Å². The van der Waals surface area contributed by atoms with Gasteiger partial charge in [-0.05, 0) is 44.0 Å². The van der Waals surface area contributed by atoms with E-state index in [2.05, 4.69) is 11.8 Å². The molecule has 0 aliphatic carbocycles. The van der Waals surface area contributed by atoms with Gasteiger partial charge in [-0.25, -0.2) is 0 Å². The van der Waals surface area contributed by atoms with Crippen molar-refractivity contribution in [3.05, 3.63) is 34.9 Å². The number of hydrogen-bond acceptors (Lipinski definition) is 3. The second-order valence-electron chi connectivity index (χ2n) is 4.90. The van der Waals surface area contributed by atoms with E-state index in [1.54, 1.807) is 24.9 Å². The number of nitrogens with zero attached hydrogens (tertiary/aromatic N) is 1. The minimum absolute atomic E-state index is 0.0490. The van der Waals surface area contributed by atoms with E-state index in [9.17, 15) is 9.90 Å². The summed E-state index contributed by atoms with van der Waals surface area (Å²) in [5.41, 5.74) is 7.83. The van der Waals surface area contributed by atoms with Gasteiger partial charge in [-0.15, -0.1) is 0 Å². The standard InChI is InChI=1S/C16H22N2O2/c1-12-11-15(7-6-14(12)5-4-9-17)16(20)18(3)10-8-13(2)19/h6-7,11,13,19H,8-10,17H2,1-3H3. The van der Waals surface area contributed by atoms with Crippen LogP contribution in [0.2, 0.25) is 0 Å². The van der Waals surface area contributed by atoms with E-state index in [-0.39, 0.29) is 5.91 Å². The number of aliphatic hydroxyl groups excluding tert-OH is 1. The van der Waals surface area contributed by atoms with Crippen molar-refractivity contribution >= 4 is 5.91 Å². The lowest BCUT2D eigenvalue weighted by Gasteiger charge is -2.18. The Kier molecular flexibility index (Phi) is 6.23. The molecule has 4 nitrogen and oxygen atoms in total. The Balaban J connectivity index is 2.81. The van der Waals surface area contributed by atoms with Gasteiger partial charge in [-0.1, -0.05) is 11.8 Å². The first kappa shape index (κ1) is 16.2. The van der Waals surface area contributed by atoms with E-state index in [0.717, 1.165) is 11.1 Å². The van der Waals surface area contributed by atoms with E-state index in [4.69, 9.17) is 5.73 Å². The third-order valence-electron chi connectivity index (χ3n) is 3.03. The van der Waals surface area contributed by atoms with Crippen LogP contribution < -0.4 is 5.73 Å². The average Bonchev–Trinajstić information content (AvgIpc) is 2.42. The molecule has 0 saturated carbocycles. The zero-order chi connectivity index (χ0) is 15.1. The number of aliphatic hydroxyl groups is 1. The second-order valence-corrected chi connectivity index (χ2v) is 4.90. The SMILES string of the molecule is Cc1cc(C(=O)N(C)CCC(C)O)ccc1C#CCN. The van der Waals surface area contributed by atoms with Crippen LogP contribution >= 0.6 is 0 Å². The summed E-state index contributed by atoms with van der Waals surface area (Å²) in [6, 6.07) is 5.45. The molecule has 20 heavy (non-hydrogen) atoms. The van der Waals surface area contributed by atoms with Gasteiger partial charge in [0.05, 0.1) is 12.6 Å². The predicted molar refractivity (Wildman–Crippen MR) is 80.4 cm³/mol. The maximum atomic E-state index is 12.2. The topological polar surface area (TPSA) is 66.6 Å². The third kappa shape index (κ3) is 4.69. The van der Waals surface area contributed by atoms with E-state index < -0.39 is 6.10 Å². The van der Waals surface area contributed by atoms with Crippen LogP contribution in [-0.4, -0.2) is 42.2 Å². The molecule has 108 valence electrons. The Morgan fingerprint density at radius 1 is 1.50 bits per heavy atom. The van der Waals surface area contributed by atoms with Crippen LogP contribution in [0, 0.1) is 18.8 Å². The van der Waals surface area contributed by atoms with Gasteiger partial charge in [0, 0.05) is 24.7 Å². The smallest absolute Gasteiger partial charge is 0.253 e. The number of rotatable bonds is 4. The monoisotopic (exact) mass is 274 g/mol. The summed E-state index contributed by atoms with van der Waals surface area (Å²) in [5.74, 6) is 5.73. The molecule has 0 aromatic heterocycles. The van der Waals surface area contributed by atoms with Gasteiger partial charge >= 0.3 is 0 Å². The van der Waals surface area contributed by atoms with Crippen molar-refractivity contribution in [2.75, 3.05) is 20.1 Å². The van der Waals surface area contributed by atoms with E-state index in [1.165, 1.54) is 0 Å². The molecule has 0 fully saturated rings. The molecule has 0 spiro atoms. The van der Waals surface area contributed by atoms with Crippen molar-refractivity contribution in [2.45, 2.75) is 26.4 Å². The summed E-state index contributed by atoms with van der Waals surface area (Å²) in [6.07, 6.45) is 0.169. The van der Waals surface area contributed by atoms with Crippen LogP contribution in [0.25, 0.3) is 0 Å².